The molecule has 1 rings (SSSR count). The molecular weight excluding hydrogens is 278 g/mol. The summed E-state index contributed by atoms with van der Waals surface area (Å²) in [6.07, 6.45) is 1.34. The smallest absolute Gasteiger partial charge is 0.332 e. The molecule has 0 bridgehead atoms. The number of ether oxygens (including phenoxy) is 1. The van der Waals surface area contributed by atoms with Crippen molar-refractivity contribution in [3.8, 4) is 11.5 Å². The maximum Gasteiger partial charge on any atom is 0.332 e. The lowest BCUT2D eigenvalue weighted by molar-refractivity contribution is 0.249. The summed E-state index contributed by atoms with van der Waals surface area (Å²) in [7, 11) is 1.45. The molecule has 4 N–H and O–H groups in total. The fourth-order valence-corrected chi connectivity index (χ4v) is 1.42. The maximum atomic E-state index is 10.4. The van der Waals surface area contributed by atoms with Crippen LogP contribution in [0.4, 0.5) is 4.79 Å². The lowest BCUT2D eigenvalue weighted by atomic mass is 10.2. The summed E-state index contributed by atoms with van der Waals surface area (Å²) >= 11 is 3.17. The van der Waals surface area contributed by atoms with Crippen molar-refractivity contribution in [1.82, 2.24) is 5.43 Å². The van der Waals surface area contributed by atoms with Gasteiger partial charge in [0.2, 0.25) is 0 Å². The molecule has 0 atom stereocenters. The van der Waals surface area contributed by atoms with Crippen molar-refractivity contribution in [2.24, 2.45) is 10.8 Å². The molecule has 0 saturated heterocycles. The van der Waals surface area contributed by atoms with Gasteiger partial charge in [-0.3, -0.25) is 0 Å². The Balaban J connectivity index is 2.94. The van der Waals surface area contributed by atoms with Gasteiger partial charge in [0.05, 0.1) is 17.8 Å². The van der Waals surface area contributed by atoms with Crippen molar-refractivity contribution in [3.05, 3.63) is 22.2 Å². The Kier molecular flexibility index (Phi) is 4.12. The summed E-state index contributed by atoms with van der Waals surface area (Å²) in [4.78, 5) is 10.4. The Morgan fingerprint density at radius 1 is 1.69 bits per heavy atom. The summed E-state index contributed by atoms with van der Waals surface area (Å²) in [6, 6.07) is 2.48. The Morgan fingerprint density at radius 2 is 2.38 bits per heavy atom. The van der Waals surface area contributed by atoms with Gasteiger partial charge in [0.25, 0.3) is 0 Å². The second-order valence-electron chi connectivity index (χ2n) is 2.75. The van der Waals surface area contributed by atoms with E-state index in [0.29, 0.717) is 15.8 Å². The van der Waals surface area contributed by atoms with E-state index in [1.54, 1.807) is 12.1 Å². The summed E-state index contributed by atoms with van der Waals surface area (Å²) in [6.45, 7) is 0. The van der Waals surface area contributed by atoms with E-state index in [1.807, 2.05) is 5.43 Å². The molecule has 16 heavy (non-hydrogen) atoms. The summed E-state index contributed by atoms with van der Waals surface area (Å²) in [5.74, 6) is 0.303. The normalized spacial score (nSPS) is 10.4. The standard InChI is InChI=1S/C9H10BrN3O3/c1-16-6-3-2-5(7(10)8(6)14)4-12-13-9(11)15/h2-4,14H,1H3,(H3,11,13,15)/b12-4-. The van der Waals surface area contributed by atoms with E-state index in [9.17, 15) is 9.90 Å². The second-order valence-corrected chi connectivity index (χ2v) is 3.55. The number of hydrazone groups is 1. The van der Waals surface area contributed by atoms with E-state index in [-0.39, 0.29) is 5.75 Å². The van der Waals surface area contributed by atoms with E-state index in [4.69, 9.17) is 10.5 Å². The highest BCUT2D eigenvalue weighted by Gasteiger charge is 2.09. The van der Waals surface area contributed by atoms with Crippen LogP contribution in [0.15, 0.2) is 21.7 Å². The number of primary amides is 1. The number of nitrogens with zero attached hydrogens (tertiary/aromatic N) is 1. The molecule has 7 heteroatoms. The van der Waals surface area contributed by atoms with Crippen LogP contribution in [0.3, 0.4) is 0 Å². The van der Waals surface area contributed by atoms with Gasteiger partial charge in [-0.05, 0) is 28.1 Å². The van der Waals surface area contributed by atoms with Gasteiger partial charge in [-0.2, -0.15) is 5.10 Å². The number of rotatable bonds is 3. The largest absolute Gasteiger partial charge is 0.503 e. The maximum absolute atomic E-state index is 10.4. The first-order chi connectivity index (χ1) is 7.56. The Hall–Kier alpha value is -1.76. The first-order valence-corrected chi connectivity index (χ1v) is 4.99. The highest BCUT2D eigenvalue weighted by molar-refractivity contribution is 9.10. The topological polar surface area (TPSA) is 96.9 Å². The number of phenolic OH excluding ortho intramolecular Hbond substituents is 1. The number of urea groups is 1. The number of hydrogen-bond acceptors (Lipinski definition) is 4. The minimum atomic E-state index is -0.759. The van der Waals surface area contributed by atoms with E-state index in [1.165, 1.54) is 13.3 Å². The number of nitrogens with one attached hydrogen (secondary N) is 1. The monoisotopic (exact) mass is 287 g/mol. The molecule has 6 nitrogen and oxygen atoms in total. The zero-order valence-corrected chi connectivity index (χ0v) is 9.98. The SMILES string of the molecule is COc1ccc(/C=N\NC(N)=O)c(Br)c1O. The van der Waals surface area contributed by atoms with E-state index >= 15 is 0 Å². The quantitative estimate of drug-likeness (QED) is 0.575. The van der Waals surface area contributed by atoms with Crippen molar-refractivity contribution in [3.63, 3.8) is 0 Å². The Labute approximate surface area is 100 Å². The van der Waals surface area contributed by atoms with Gasteiger partial charge >= 0.3 is 6.03 Å². The number of carbonyl (C=O) groups excluding carboxylic acids is 1. The first kappa shape index (κ1) is 12.3. The van der Waals surface area contributed by atoms with Gasteiger partial charge in [-0.15, -0.1) is 0 Å². The van der Waals surface area contributed by atoms with Gasteiger partial charge in [-0.1, -0.05) is 0 Å². The van der Waals surface area contributed by atoms with Crippen molar-refractivity contribution in [2.45, 2.75) is 0 Å². The fraction of sp³-hybridized carbons (Fsp3) is 0.111. The third-order valence-electron chi connectivity index (χ3n) is 1.71. The molecule has 0 aliphatic carbocycles. The lowest BCUT2D eigenvalue weighted by Gasteiger charge is -2.06. The third-order valence-corrected chi connectivity index (χ3v) is 2.54. The van der Waals surface area contributed by atoms with E-state index in [2.05, 4.69) is 21.0 Å². The van der Waals surface area contributed by atoms with Crippen LogP contribution >= 0.6 is 15.9 Å². The predicted molar refractivity (Wildman–Crippen MR) is 62.7 cm³/mol. The molecule has 86 valence electrons. The number of carbonyl (C=O) groups is 1. The third kappa shape index (κ3) is 2.86. The fourth-order valence-electron chi connectivity index (χ4n) is 0.992. The van der Waals surface area contributed by atoms with Crippen LogP contribution in [0, 0.1) is 0 Å². The number of benzene rings is 1. The van der Waals surface area contributed by atoms with Gasteiger partial charge in [0, 0.05) is 5.56 Å². The Morgan fingerprint density at radius 3 is 2.94 bits per heavy atom. The number of phenols is 1. The summed E-state index contributed by atoms with van der Waals surface area (Å²) in [5.41, 5.74) is 7.45. The molecule has 0 radical (unpaired) electrons. The average molecular weight is 288 g/mol. The molecule has 0 heterocycles. The van der Waals surface area contributed by atoms with Gasteiger partial charge < -0.3 is 15.6 Å². The van der Waals surface area contributed by atoms with Crippen molar-refractivity contribution >= 4 is 28.2 Å². The zero-order valence-electron chi connectivity index (χ0n) is 8.40. The summed E-state index contributed by atoms with van der Waals surface area (Å²) in [5, 5.41) is 13.2. The van der Waals surface area contributed by atoms with Gasteiger partial charge in [0.1, 0.15) is 0 Å². The highest BCUT2D eigenvalue weighted by Crippen LogP contribution is 2.35. The Bertz CT molecular complexity index is 434. The molecule has 2 amide bonds. The summed E-state index contributed by atoms with van der Waals surface area (Å²) < 4.78 is 5.33. The van der Waals surface area contributed by atoms with Gasteiger partial charge in [0.15, 0.2) is 11.5 Å². The van der Waals surface area contributed by atoms with E-state index < -0.39 is 6.03 Å². The number of nitrogens with two attached hydrogens (primary N) is 1. The van der Waals surface area contributed by atoms with Crippen LogP contribution in [0.2, 0.25) is 0 Å². The molecule has 0 aliphatic heterocycles. The van der Waals surface area contributed by atoms with E-state index in [0.717, 1.165) is 0 Å². The molecule has 0 saturated carbocycles. The number of aromatic hydroxyl groups is 1. The number of methoxy groups -OCH3 is 1. The molecule has 0 unspecified atom stereocenters. The molecule has 0 aromatic heterocycles. The minimum absolute atomic E-state index is 0.0366. The van der Waals surface area contributed by atoms with Crippen LogP contribution in [0.25, 0.3) is 0 Å². The van der Waals surface area contributed by atoms with Crippen LogP contribution in [0.5, 0.6) is 11.5 Å². The van der Waals surface area contributed by atoms with Crippen molar-refractivity contribution in [2.75, 3.05) is 7.11 Å². The lowest BCUT2D eigenvalue weighted by Crippen LogP contribution is -2.24. The number of amides is 2. The molecule has 0 aliphatic rings. The minimum Gasteiger partial charge on any atom is -0.503 e. The highest BCUT2D eigenvalue weighted by atomic mass is 79.9. The number of halogens is 1. The zero-order chi connectivity index (χ0) is 12.1. The van der Waals surface area contributed by atoms with Crippen molar-refractivity contribution < 1.29 is 14.6 Å². The first-order valence-electron chi connectivity index (χ1n) is 4.20. The molecule has 0 spiro atoms. The van der Waals surface area contributed by atoms with Crippen LogP contribution in [0.1, 0.15) is 5.56 Å². The number of hydrogen-bond donors (Lipinski definition) is 3. The van der Waals surface area contributed by atoms with Crippen LogP contribution in [-0.4, -0.2) is 24.5 Å². The molecule has 1 aromatic carbocycles. The van der Waals surface area contributed by atoms with Crippen LogP contribution in [-0.2, 0) is 0 Å². The van der Waals surface area contributed by atoms with Crippen LogP contribution < -0.4 is 15.9 Å². The predicted octanol–water partition coefficient (Wildman–Crippen LogP) is 1.17. The molecule has 1 aromatic rings. The van der Waals surface area contributed by atoms with Crippen molar-refractivity contribution in [1.29, 1.82) is 0 Å². The average Bonchev–Trinajstić information content (AvgIpc) is 2.24. The van der Waals surface area contributed by atoms with Gasteiger partial charge in [-0.25, -0.2) is 10.2 Å². The molecular formula is C9H10BrN3O3. The second kappa shape index (κ2) is 5.36. The molecule has 0 fully saturated rings.